The number of benzene rings is 2. The van der Waals surface area contributed by atoms with Gasteiger partial charge in [-0.2, -0.15) is 4.31 Å². The van der Waals surface area contributed by atoms with Gasteiger partial charge in [0, 0.05) is 18.8 Å². The Kier molecular flexibility index (Phi) is 5.60. The van der Waals surface area contributed by atoms with E-state index in [1.807, 2.05) is 0 Å². The normalized spacial score (nSPS) is 18.5. The lowest BCUT2D eigenvalue weighted by atomic mass is 9.99. The van der Waals surface area contributed by atoms with E-state index in [1.54, 1.807) is 30.3 Å². The summed E-state index contributed by atoms with van der Waals surface area (Å²) in [5.41, 5.74) is 0.379. The van der Waals surface area contributed by atoms with Crippen LogP contribution in [0.2, 0.25) is 5.02 Å². The maximum atomic E-state index is 13.2. The monoisotopic (exact) mass is 396 g/mol. The number of halogens is 2. The fourth-order valence-corrected chi connectivity index (χ4v) is 4.66. The third kappa shape index (κ3) is 4.06. The summed E-state index contributed by atoms with van der Waals surface area (Å²) in [6.45, 7) is 0.487. The van der Waals surface area contributed by atoms with Crippen LogP contribution in [0.25, 0.3) is 0 Å². The van der Waals surface area contributed by atoms with Gasteiger partial charge in [-0.05, 0) is 43.2 Å². The highest BCUT2D eigenvalue weighted by Gasteiger charge is 2.33. The van der Waals surface area contributed by atoms with E-state index >= 15 is 0 Å². The predicted molar refractivity (Wildman–Crippen MR) is 98.0 cm³/mol. The Morgan fingerprint density at radius 2 is 1.92 bits per heavy atom. The molecule has 3 rings (SSSR count). The second-order valence-corrected chi connectivity index (χ2v) is 8.48. The van der Waals surface area contributed by atoms with Crippen LogP contribution >= 0.6 is 11.6 Å². The Balaban J connectivity index is 1.71. The van der Waals surface area contributed by atoms with E-state index in [9.17, 15) is 17.6 Å². The Morgan fingerprint density at radius 3 is 2.62 bits per heavy atom. The summed E-state index contributed by atoms with van der Waals surface area (Å²) in [5, 5.41) is 2.60. The van der Waals surface area contributed by atoms with Crippen molar-refractivity contribution in [2.45, 2.75) is 17.7 Å². The maximum Gasteiger partial charge on any atom is 0.243 e. The second-order valence-electron chi connectivity index (χ2n) is 6.13. The maximum absolute atomic E-state index is 13.2. The first-order valence-electron chi connectivity index (χ1n) is 8.19. The minimum absolute atomic E-state index is 0.0836. The molecule has 5 nitrogen and oxygen atoms in total. The summed E-state index contributed by atoms with van der Waals surface area (Å²) in [6.07, 6.45) is 1.18. The van der Waals surface area contributed by atoms with Crippen molar-refractivity contribution in [2.75, 3.05) is 18.4 Å². The third-order valence-electron chi connectivity index (χ3n) is 4.32. The van der Waals surface area contributed by atoms with E-state index in [2.05, 4.69) is 5.32 Å². The molecule has 0 spiro atoms. The molecule has 0 aromatic heterocycles. The number of hydrogen-bond donors (Lipinski definition) is 1. The largest absolute Gasteiger partial charge is 0.326 e. The van der Waals surface area contributed by atoms with Crippen molar-refractivity contribution in [2.24, 2.45) is 5.92 Å². The Bertz CT molecular complexity index is 906. The molecule has 1 N–H and O–H groups in total. The zero-order chi connectivity index (χ0) is 18.7. The molecule has 138 valence electrons. The van der Waals surface area contributed by atoms with Crippen LogP contribution in [0.4, 0.5) is 10.1 Å². The summed E-state index contributed by atoms with van der Waals surface area (Å²) in [6, 6.07) is 12.1. The Labute approximate surface area is 156 Å². The first-order valence-corrected chi connectivity index (χ1v) is 10.0. The number of amides is 1. The summed E-state index contributed by atoms with van der Waals surface area (Å²) in [4.78, 5) is 12.7. The average molecular weight is 397 g/mol. The highest BCUT2D eigenvalue weighted by atomic mass is 35.5. The highest BCUT2D eigenvalue weighted by Crippen LogP contribution is 2.25. The van der Waals surface area contributed by atoms with Gasteiger partial charge >= 0.3 is 0 Å². The predicted octanol–water partition coefficient (Wildman–Crippen LogP) is 3.52. The molecule has 1 heterocycles. The van der Waals surface area contributed by atoms with Crippen molar-refractivity contribution >= 4 is 33.2 Å². The van der Waals surface area contributed by atoms with Gasteiger partial charge in [0.25, 0.3) is 0 Å². The lowest BCUT2D eigenvalue weighted by Crippen LogP contribution is -2.43. The van der Waals surface area contributed by atoms with Crippen LogP contribution in [0.1, 0.15) is 12.8 Å². The number of hydrogen-bond acceptors (Lipinski definition) is 3. The summed E-state index contributed by atoms with van der Waals surface area (Å²) in [5.74, 6) is -1.35. The SMILES string of the molecule is O=C(Nc1ccc(F)c(Cl)c1)[C@@H]1CCCN(S(=O)(=O)c2ccccc2)C1. The molecule has 1 atom stereocenters. The lowest BCUT2D eigenvalue weighted by molar-refractivity contribution is -0.120. The minimum atomic E-state index is -3.63. The molecule has 0 aliphatic carbocycles. The first-order chi connectivity index (χ1) is 12.4. The van der Waals surface area contributed by atoms with E-state index in [4.69, 9.17) is 11.6 Å². The van der Waals surface area contributed by atoms with Crippen LogP contribution in [0, 0.1) is 11.7 Å². The van der Waals surface area contributed by atoms with Gasteiger partial charge in [0.15, 0.2) is 0 Å². The molecule has 2 aromatic carbocycles. The number of nitrogens with zero attached hydrogens (tertiary/aromatic N) is 1. The summed E-state index contributed by atoms with van der Waals surface area (Å²) >= 11 is 5.72. The molecule has 0 unspecified atom stereocenters. The molecule has 1 amide bonds. The number of carbonyl (C=O) groups excluding carboxylic acids is 1. The van der Waals surface area contributed by atoms with Gasteiger partial charge in [-0.1, -0.05) is 29.8 Å². The zero-order valence-electron chi connectivity index (χ0n) is 13.9. The van der Waals surface area contributed by atoms with Gasteiger partial charge in [0.2, 0.25) is 15.9 Å². The minimum Gasteiger partial charge on any atom is -0.326 e. The van der Waals surface area contributed by atoms with Gasteiger partial charge in [-0.25, -0.2) is 12.8 Å². The van der Waals surface area contributed by atoms with E-state index < -0.39 is 21.8 Å². The molecule has 0 saturated carbocycles. The molecule has 26 heavy (non-hydrogen) atoms. The number of carbonyl (C=O) groups is 1. The van der Waals surface area contributed by atoms with Gasteiger partial charge in [-0.3, -0.25) is 4.79 Å². The Hall–Kier alpha value is -1.96. The van der Waals surface area contributed by atoms with Gasteiger partial charge < -0.3 is 5.32 Å². The van der Waals surface area contributed by atoms with Crippen LogP contribution in [0.5, 0.6) is 0 Å². The van der Waals surface area contributed by atoms with Gasteiger partial charge in [0.1, 0.15) is 5.82 Å². The topological polar surface area (TPSA) is 66.5 Å². The summed E-state index contributed by atoms with van der Waals surface area (Å²) in [7, 11) is -3.63. The van der Waals surface area contributed by atoms with Crippen LogP contribution in [0.3, 0.4) is 0 Å². The number of piperidine rings is 1. The van der Waals surface area contributed by atoms with Gasteiger partial charge in [0.05, 0.1) is 15.8 Å². The third-order valence-corrected chi connectivity index (χ3v) is 6.49. The van der Waals surface area contributed by atoms with E-state index in [1.165, 1.54) is 22.5 Å². The van der Waals surface area contributed by atoms with Crippen LogP contribution in [0.15, 0.2) is 53.4 Å². The second kappa shape index (κ2) is 7.73. The lowest BCUT2D eigenvalue weighted by Gasteiger charge is -2.31. The molecule has 0 bridgehead atoms. The van der Waals surface area contributed by atoms with Crippen LogP contribution in [-0.2, 0) is 14.8 Å². The van der Waals surface area contributed by atoms with Crippen molar-refractivity contribution in [3.05, 3.63) is 59.4 Å². The fraction of sp³-hybridized carbons (Fsp3) is 0.278. The Morgan fingerprint density at radius 1 is 1.19 bits per heavy atom. The number of nitrogens with one attached hydrogen (secondary N) is 1. The van der Waals surface area contributed by atoms with Crippen LogP contribution in [-0.4, -0.2) is 31.7 Å². The first kappa shape index (κ1) is 18.8. The molecular weight excluding hydrogens is 379 g/mol. The van der Waals surface area contributed by atoms with Crippen molar-refractivity contribution in [3.63, 3.8) is 0 Å². The van der Waals surface area contributed by atoms with Gasteiger partial charge in [-0.15, -0.1) is 0 Å². The molecule has 1 aliphatic heterocycles. The molecule has 2 aromatic rings. The standard InChI is InChI=1S/C18H18ClFN2O3S/c19-16-11-14(8-9-17(16)20)21-18(23)13-5-4-10-22(12-13)26(24,25)15-6-2-1-3-7-15/h1-3,6-9,11,13H,4-5,10,12H2,(H,21,23)/t13-/m1/s1. The number of rotatable bonds is 4. The molecule has 0 radical (unpaired) electrons. The quantitative estimate of drug-likeness (QED) is 0.859. The van der Waals surface area contributed by atoms with E-state index in [0.717, 1.165) is 0 Å². The molecular formula is C18H18ClFN2O3S. The number of anilines is 1. The molecule has 1 fully saturated rings. The zero-order valence-corrected chi connectivity index (χ0v) is 15.4. The number of sulfonamides is 1. The van der Waals surface area contributed by atoms with Crippen molar-refractivity contribution in [1.82, 2.24) is 4.31 Å². The molecule has 8 heteroatoms. The van der Waals surface area contributed by atoms with E-state index in [-0.39, 0.29) is 22.4 Å². The van der Waals surface area contributed by atoms with Crippen molar-refractivity contribution < 1.29 is 17.6 Å². The fourth-order valence-electron chi connectivity index (χ4n) is 2.93. The molecule has 1 aliphatic rings. The van der Waals surface area contributed by atoms with Crippen molar-refractivity contribution in [1.29, 1.82) is 0 Å². The smallest absolute Gasteiger partial charge is 0.243 e. The summed E-state index contributed by atoms with van der Waals surface area (Å²) < 4.78 is 40.0. The van der Waals surface area contributed by atoms with Crippen molar-refractivity contribution in [3.8, 4) is 0 Å². The molecule has 1 saturated heterocycles. The van der Waals surface area contributed by atoms with E-state index in [0.29, 0.717) is 25.1 Å². The average Bonchev–Trinajstić information content (AvgIpc) is 2.65. The van der Waals surface area contributed by atoms with Crippen LogP contribution < -0.4 is 5.32 Å². The highest BCUT2D eigenvalue weighted by molar-refractivity contribution is 7.89.